The number of H-pyrrole nitrogens is 1. The number of nitrogens with one attached hydrogen (secondary N) is 1. The molecule has 1 heterocycles. The Hall–Kier alpha value is -1.84. The Kier molecular flexibility index (Phi) is 2.64. The molecule has 0 spiro atoms. The van der Waals surface area contributed by atoms with Gasteiger partial charge in [-0.1, -0.05) is 6.92 Å². The summed E-state index contributed by atoms with van der Waals surface area (Å²) >= 11 is 0. The van der Waals surface area contributed by atoms with Crippen molar-refractivity contribution in [3.05, 3.63) is 35.8 Å². The molecule has 1 unspecified atom stereocenters. The van der Waals surface area contributed by atoms with Gasteiger partial charge in [0.1, 0.15) is 5.82 Å². The van der Waals surface area contributed by atoms with Gasteiger partial charge in [-0.15, -0.1) is 0 Å². The number of carboxylic acid groups (broad SMARTS) is 1. The maximum atomic E-state index is 12.9. The molecule has 16 heavy (non-hydrogen) atoms. The lowest BCUT2D eigenvalue weighted by atomic mass is 10.1. The van der Waals surface area contributed by atoms with Gasteiger partial charge in [0.25, 0.3) is 0 Å². The smallest absolute Gasteiger partial charge is 0.306 e. The molecule has 0 aliphatic carbocycles. The number of rotatable bonds is 3. The number of aromatic amines is 1. The summed E-state index contributed by atoms with van der Waals surface area (Å²) in [6.07, 6.45) is 0.422. The molecule has 84 valence electrons. The summed E-state index contributed by atoms with van der Waals surface area (Å²) in [5.41, 5.74) is 1.64. The van der Waals surface area contributed by atoms with Crippen molar-refractivity contribution < 1.29 is 14.3 Å². The lowest BCUT2D eigenvalue weighted by molar-refractivity contribution is -0.141. The van der Waals surface area contributed by atoms with Gasteiger partial charge in [0.15, 0.2) is 0 Å². The second-order valence-corrected chi connectivity index (χ2v) is 3.97. The highest BCUT2D eigenvalue weighted by Crippen LogP contribution is 2.18. The fraction of sp³-hybridized carbons (Fsp3) is 0.250. The molecule has 0 fully saturated rings. The van der Waals surface area contributed by atoms with Crippen LogP contribution in [0.5, 0.6) is 0 Å². The first kappa shape index (κ1) is 10.7. The van der Waals surface area contributed by atoms with Gasteiger partial charge in [-0.05, 0) is 24.3 Å². The molecular formula is C12H12FNO2. The quantitative estimate of drug-likeness (QED) is 0.836. The summed E-state index contributed by atoms with van der Waals surface area (Å²) < 4.78 is 12.9. The third kappa shape index (κ3) is 2.05. The van der Waals surface area contributed by atoms with E-state index in [2.05, 4.69) is 4.98 Å². The molecule has 0 aliphatic rings. The Morgan fingerprint density at radius 2 is 2.25 bits per heavy atom. The number of hydrogen-bond acceptors (Lipinski definition) is 1. The third-order valence-electron chi connectivity index (χ3n) is 2.59. The summed E-state index contributed by atoms with van der Waals surface area (Å²) in [5.74, 6) is -1.56. The van der Waals surface area contributed by atoms with Crippen LogP contribution in [0.4, 0.5) is 4.39 Å². The Bertz CT molecular complexity index is 533. The molecule has 0 amide bonds. The van der Waals surface area contributed by atoms with E-state index in [1.807, 2.05) is 0 Å². The number of hydrogen-bond donors (Lipinski definition) is 2. The van der Waals surface area contributed by atoms with E-state index in [1.54, 1.807) is 19.1 Å². The summed E-state index contributed by atoms with van der Waals surface area (Å²) in [5, 5.41) is 9.56. The molecule has 1 aromatic heterocycles. The van der Waals surface area contributed by atoms with Crippen LogP contribution in [0.1, 0.15) is 12.6 Å². The summed E-state index contributed by atoms with van der Waals surface area (Å²) in [7, 11) is 0. The van der Waals surface area contributed by atoms with Gasteiger partial charge in [-0.2, -0.15) is 0 Å². The average Bonchev–Trinajstić information content (AvgIpc) is 2.58. The van der Waals surface area contributed by atoms with Gasteiger partial charge in [-0.3, -0.25) is 4.79 Å². The van der Waals surface area contributed by atoms with E-state index in [1.165, 1.54) is 12.1 Å². The number of fused-ring (bicyclic) bond motifs is 1. The van der Waals surface area contributed by atoms with Gasteiger partial charge in [0.2, 0.25) is 0 Å². The van der Waals surface area contributed by atoms with Crippen molar-refractivity contribution in [2.45, 2.75) is 13.3 Å². The topological polar surface area (TPSA) is 53.1 Å². The molecule has 3 nitrogen and oxygen atoms in total. The largest absolute Gasteiger partial charge is 0.481 e. The second-order valence-electron chi connectivity index (χ2n) is 3.97. The van der Waals surface area contributed by atoms with Crippen LogP contribution in [0.25, 0.3) is 10.9 Å². The van der Waals surface area contributed by atoms with Crippen molar-refractivity contribution in [3.63, 3.8) is 0 Å². The van der Waals surface area contributed by atoms with Gasteiger partial charge in [-0.25, -0.2) is 4.39 Å². The molecule has 1 atom stereocenters. The van der Waals surface area contributed by atoms with E-state index < -0.39 is 11.9 Å². The first-order valence-corrected chi connectivity index (χ1v) is 5.06. The van der Waals surface area contributed by atoms with Crippen molar-refractivity contribution in [3.8, 4) is 0 Å². The second kappa shape index (κ2) is 3.96. The van der Waals surface area contributed by atoms with Crippen molar-refractivity contribution >= 4 is 16.9 Å². The Morgan fingerprint density at radius 1 is 1.50 bits per heavy atom. The van der Waals surface area contributed by atoms with Gasteiger partial charge in [0.05, 0.1) is 5.92 Å². The summed E-state index contributed by atoms with van der Waals surface area (Å²) in [6, 6.07) is 6.25. The normalized spacial score (nSPS) is 12.9. The predicted octanol–water partition coefficient (Wildman–Crippen LogP) is 2.57. The zero-order chi connectivity index (χ0) is 11.7. The molecule has 0 saturated heterocycles. The number of benzene rings is 1. The van der Waals surface area contributed by atoms with E-state index in [4.69, 9.17) is 5.11 Å². The third-order valence-corrected chi connectivity index (χ3v) is 2.59. The van der Waals surface area contributed by atoms with E-state index in [0.29, 0.717) is 6.42 Å². The predicted molar refractivity (Wildman–Crippen MR) is 58.8 cm³/mol. The van der Waals surface area contributed by atoms with Gasteiger partial charge >= 0.3 is 5.97 Å². The molecular weight excluding hydrogens is 209 g/mol. The standard InChI is InChI=1S/C12H12FNO2/c1-7(12(15)16)4-10-6-8-5-9(13)2-3-11(8)14-10/h2-3,5-7,14H,4H2,1H3,(H,15,16). The van der Waals surface area contributed by atoms with Crippen LogP contribution < -0.4 is 0 Å². The van der Waals surface area contributed by atoms with Crippen molar-refractivity contribution in [1.29, 1.82) is 0 Å². The lowest BCUT2D eigenvalue weighted by Gasteiger charge is -2.02. The minimum Gasteiger partial charge on any atom is -0.481 e. The van der Waals surface area contributed by atoms with Gasteiger partial charge < -0.3 is 10.1 Å². The minimum atomic E-state index is -0.829. The summed E-state index contributed by atoms with van der Waals surface area (Å²) in [4.78, 5) is 13.8. The maximum Gasteiger partial charge on any atom is 0.306 e. The number of aliphatic carboxylic acids is 1. The highest BCUT2D eigenvalue weighted by molar-refractivity contribution is 5.80. The number of halogens is 1. The molecule has 1 aromatic carbocycles. The highest BCUT2D eigenvalue weighted by Gasteiger charge is 2.13. The maximum absolute atomic E-state index is 12.9. The average molecular weight is 221 g/mol. The van der Waals surface area contributed by atoms with Crippen molar-refractivity contribution in [2.75, 3.05) is 0 Å². The van der Waals surface area contributed by atoms with Crippen LogP contribution in [0.2, 0.25) is 0 Å². The Labute approximate surface area is 91.9 Å². The Morgan fingerprint density at radius 3 is 2.94 bits per heavy atom. The molecule has 2 rings (SSSR count). The molecule has 0 aliphatic heterocycles. The van der Waals surface area contributed by atoms with E-state index in [0.717, 1.165) is 16.6 Å². The van der Waals surface area contributed by atoms with Crippen LogP contribution >= 0.6 is 0 Å². The van der Waals surface area contributed by atoms with Crippen LogP contribution in [-0.4, -0.2) is 16.1 Å². The monoisotopic (exact) mass is 221 g/mol. The molecule has 4 heteroatoms. The van der Waals surface area contributed by atoms with Crippen LogP contribution in [-0.2, 0) is 11.2 Å². The van der Waals surface area contributed by atoms with Crippen LogP contribution in [0.3, 0.4) is 0 Å². The zero-order valence-corrected chi connectivity index (χ0v) is 8.83. The molecule has 0 bridgehead atoms. The van der Waals surface area contributed by atoms with E-state index >= 15 is 0 Å². The first-order valence-electron chi connectivity index (χ1n) is 5.06. The first-order chi connectivity index (χ1) is 7.56. The fourth-order valence-corrected chi connectivity index (χ4v) is 1.69. The van der Waals surface area contributed by atoms with Crippen molar-refractivity contribution in [2.24, 2.45) is 5.92 Å². The minimum absolute atomic E-state index is 0.288. The SMILES string of the molecule is CC(Cc1cc2cc(F)ccc2[nH]1)C(=O)O. The van der Waals surface area contributed by atoms with Crippen LogP contribution in [0.15, 0.2) is 24.3 Å². The van der Waals surface area contributed by atoms with Crippen LogP contribution in [0, 0.1) is 11.7 Å². The van der Waals surface area contributed by atoms with E-state index in [9.17, 15) is 9.18 Å². The highest BCUT2D eigenvalue weighted by atomic mass is 19.1. The van der Waals surface area contributed by atoms with Gasteiger partial charge in [0, 0.05) is 23.0 Å². The lowest BCUT2D eigenvalue weighted by Crippen LogP contribution is -2.12. The molecule has 2 N–H and O–H groups in total. The number of aromatic nitrogens is 1. The molecule has 2 aromatic rings. The Balaban J connectivity index is 2.29. The molecule has 0 radical (unpaired) electrons. The van der Waals surface area contributed by atoms with E-state index in [-0.39, 0.29) is 5.82 Å². The number of carbonyl (C=O) groups is 1. The van der Waals surface area contributed by atoms with Crippen molar-refractivity contribution in [1.82, 2.24) is 4.98 Å². The summed E-state index contributed by atoms with van der Waals surface area (Å²) in [6.45, 7) is 1.65. The molecule has 0 saturated carbocycles. The zero-order valence-electron chi connectivity index (χ0n) is 8.83. The number of carboxylic acids is 1. The fourth-order valence-electron chi connectivity index (χ4n) is 1.69.